The molecule has 1 aliphatic heterocycles. The van der Waals surface area contributed by atoms with Gasteiger partial charge in [-0.25, -0.2) is 4.79 Å². The van der Waals surface area contributed by atoms with E-state index in [1.54, 1.807) is 12.1 Å². The summed E-state index contributed by atoms with van der Waals surface area (Å²) in [6, 6.07) is 7.72. The molecule has 0 spiro atoms. The van der Waals surface area contributed by atoms with E-state index in [9.17, 15) is 37.5 Å². The number of esters is 1. The van der Waals surface area contributed by atoms with Gasteiger partial charge in [-0.3, -0.25) is 19.3 Å². The standard InChI is InChI=1S/C26H25ClF3N3O6/c1-5-39-23(36)17(13-31(3)16-9-10-20-19(11-16)25(2,38)24(37)32(20)4)22(35)33(14-34)12-15-7-6-8-18(21(15)27)26(28,29)30/h6-11,13-14,38H,5,12H2,1-4H3/b17-13+. The van der Waals surface area contributed by atoms with Crippen LogP contribution in [-0.4, -0.2) is 54.9 Å². The first-order chi connectivity index (χ1) is 18.1. The molecule has 13 heteroatoms. The van der Waals surface area contributed by atoms with Gasteiger partial charge in [0, 0.05) is 31.5 Å². The Morgan fingerprint density at radius 3 is 2.49 bits per heavy atom. The van der Waals surface area contributed by atoms with Crippen molar-refractivity contribution >= 4 is 47.2 Å². The maximum absolute atomic E-state index is 13.3. The van der Waals surface area contributed by atoms with Crippen molar-refractivity contribution in [3.05, 3.63) is 69.9 Å². The topological polar surface area (TPSA) is 107 Å². The number of imide groups is 1. The van der Waals surface area contributed by atoms with Crippen LogP contribution in [-0.2, 0) is 42.2 Å². The molecular formula is C26H25ClF3N3O6. The van der Waals surface area contributed by atoms with Gasteiger partial charge in [0.15, 0.2) is 5.60 Å². The van der Waals surface area contributed by atoms with Gasteiger partial charge in [0.2, 0.25) is 6.41 Å². The number of hydrogen-bond acceptors (Lipinski definition) is 7. The van der Waals surface area contributed by atoms with Gasteiger partial charge >= 0.3 is 12.1 Å². The maximum Gasteiger partial charge on any atom is 0.417 e. The van der Waals surface area contributed by atoms with Crippen LogP contribution in [0.2, 0.25) is 5.02 Å². The average Bonchev–Trinajstić information content (AvgIpc) is 3.05. The number of benzene rings is 2. The quantitative estimate of drug-likeness (QED) is 0.171. The van der Waals surface area contributed by atoms with Gasteiger partial charge in [-0.15, -0.1) is 0 Å². The van der Waals surface area contributed by atoms with E-state index in [0.717, 1.165) is 18.3 Å². The second kappa shape index (κ2) is 11.1. The molecule has 1 heterocycles. The highest BCUT2D eigenvalue weighted by Gasteiger charge is 2.44. The van der Waals surface area contributed by atoms with Crippen LogP contribution in [0, 0.1) is 0 Å². The fourth-order valence-electron chi connectivity index (χ4n) is 4.07. The molecule has 39 heavy (non-hydrogen) atoms. The third-order valence-corrected chi connectivity index (χ3v) is 6.60. The number of carbonyl (C=O) groups excluding carboxylic acids is 4. The smallest absolute Gasteiger partial charge is 0.417 e. The van der Waals surface area contributed by atoms with Gasteiger partial charge in [-0.1, -0.05) is 23.7 Å². The summed E-state index contributed by atoms with van der Waals surface area (Å²) >= 11 is 5.91. The molecule has 2 aromatic rings. The molecule has 208 valence electrons. The minimum Gasteiger partial charge on any atom is -0.462 e. The molecule has 0 bridgehead atoms. The van der Waals surface area contributed by atoms with Gasteiger partial charge < -0.3 is 19.6 Å². The molecule has 0 aliphatic carbocycles. The number of alkyl halides is 3. The molecule has 1 unspecified atom stereocenters. The Balaban J connectivity index is 1.98. The van der Waals surface area contributed by atoms with Gasteiger partial charge in [0.1, 0.15) is 5.57 Å². The van der Waals surface area contributed by atoms with Crippen molar-refractivity contribution in [2.24, 2.45) is 0 Å². The monoisotopic (exact) mass is 567 g/mol. The predicted octanol–water partition coefficient (Wildman–Crippen LogP) is 3.61. The number of fused-ring (bicyclic) bond motifs is 1. The third kappa shape index (κ3) is 5.76. The summed E-state index contributed by atoms with van der Waals surface area (Å²) < 4.78 is 44.7. The van der Waals surface area contributed by atoms with Gasteiger partial charge in [0.05, 0.1) is 29.4 Å². The summed E-state index contributed by atoms with van der Waals surface area (Å²) in [6.45, 7) is 2.08. The van der Waals surface area contributed by atoms with Crippen molar-refractivity contribution in [2.45, 2.75) is 32.2 Å². The lowest BCUT2D eigenvalue weighted by molar-refractivity contribution is -0.143. The Kier molecular flexibility index (Phi) is 8.42. The number of carbonyl (C=O) groups is 4. The summed E-state index contributed by atoms with van der Waals surface area (Å²) in [7, 11) is 2.98. The molecule has 0 saturated heterocycles. The van der Waals surface area contributed by atoms with Crippen molar-refractivity contribution < 1.29 is 42.2 Å². The predicted molar refractivity (Wildman–Crippen MR) is 136 cm³/mol. The largest absolute Gasteiger partial charge is 0.462 e. The van der Waals surface area contributed by atoms with Gasteiger partial charge in [-0.05, 0) is 43.7 Å². The zero-order valence-corrected chi connectivity index (χ0v) is 22.1. The first kappa shape index (κ1) is 29.7. The van der Waals surface area contributed by atoms with Crippen molar-refractivity contribution in [1.82, 2.24) is 4.90 Å². The molecule has 0 saturated carbocycles. The lowest BCUT2D eigenvalue weighted by Gasteiger charge is -2.22. The van der Waals surface area contributed by atoms with Gasteiger partial charge in [0.25, 0.3) is 11.8 Å². The normalized spacial score (nSPS) is 17.1. The molecule has 2 aromatic carbocycles. The summed E-state index contributed by atoms with van der Waals surface area (Å²) in [5.41, 5.74) is -2.58. The van der Waals surface area contributed by atoms with E-state index in [0.29, 0.717) is 21.8 Å². The molecule has 0 fully saturated rings. The molecule has 0 aromatic heterocycles. The zero-order chi connectivity index (χ0) is 29.3. The van der Waals surface area contributed by atoms with E-state index in [1.807, 2.05) is 0 Å². The fourth-order valence-corrected chi connectivity index (χ4v) is 4.36. The van der Waals surface area contributed by atoms with Crippen LogP contribution in [0.3, 0.4) is 0 Å². The number of nitrogens with zero attached hydrogens (tertiary/aromatic N) is 3. The highest BCUT2D eigenvalue weighted by atomic mass is 35.5. The SMILES string of the molecule is CCOC(=O)/C(=C/N(C)c1ccc2c(c1)C(C)(O)C(=O)N2C)C(=O)N(C=O)Cc1cccc(C(F)(F)F)c1Cl. The summed E-state index contributed by atoms with van der Waals surface area (Å²) in [5.74, 6) is -2.77. The maximum atomic E-state index is 13.3. The van der Waals surface area contributed by atoms with Crippen LogP contribution >= 0.6 is 11.6 Å². The second-order valence-corrected chi connectivity index (χ2v) is 9.20. The molecular weight excluding hydrogens is 543 g/mol. The highest BCUT2D eigenvalue weighted by molar-refractivity contribution is 6.32. The fraction of sp³-hybridized carbons (Fsp3) is 0.308. The number of hydrogen-bond donors (Lipinski definition) is 1. The first-order valence-electron chi connectivity index (χ1n) is 11.5. The Bertz CT molecular complexity index is 1360. The number of halogens is 4. The second-order valence-electron chi connectivity index (χ2n) is 8.83. The molecule has 1 aliphatic rings. The Morgan fingerprint density at radius 1 is 1.23 bits per heavy atom. The number of rotatable bonds is 8. The molecule has 3 amide bonds. The van der Waals surface area contributed by atoms with Crippen LogP contribution in [0.5, 0.6) is 0 Å². The van der Waals surface area contributed by atoms with Crippen molar-refractivity contribution in [3.8, 4) is 0 Å². The van der Waals surface area contributed by atoms with Crippen LogP contribution in [0.4, 0.5) is 24.5 Å². The van der Waals surface area contributed by atoms with Crippen molar-refractivity contribution in [2.75, 3.05) is 30.5 Å². The number of anilines is 2. The molecule has 3 rings (SSSR count). The van der Waals surface area contributed by atoms with E-state index >= 15 is 0 Å². The molecule has 1 N–H and O–H groups in total. The Labute approximate surface area is 227 Å². The van der Waals surface area contributed by atoms with Crippen LogP contribution < -0.4 is 9.80 Å². The molecule has 9 nitrogen and oxygen atoms in total. The third-order valence-electron chi connectivity index (χ3n) is 6.16. The summed E-state index contributed by atoms with van der Waals surface area (Å²) in [5, 5.41) is 9.99. The lowest BCUT2D eigenvalue weighted by Crippen LogP contribution is -2.35. The lowest BCUT2D eigenvalue weighted by atomic mass is 9.97. The first-order valence-corrected chi connectivity index (χ1v) is 11.9. The number of amides is 3. The van der Waals surface area contributed by atoms with Gasteiger partial charge in [-0.2, -0.15) is 13.2 Å². The Hall–Kier alpha value is -3.90. The number of aliphatic hydroxyl groups is 1. The number of ether oxygens (including phenoxy) is 1. The van der Waals surface area contributed by atoms with Crippen molar-refractivity contribution in [1.29, 1.82) is 0 Å². The van der Waals surface area contributed by atoms with E-state index in [2.05, 4.69) is 0 Å². The molecule has 1 atom stereocenters. The van der Waals surface area contributed by atoms with Crippen molar-refractivity contribution in [3.63, 3.8) is 0 Å². The van der Waals surface area contributed by atoms with Crippen LogP contribution in [0.25, 0.3) is 0 Å². The van der Waals surface area contributed by atoms with E-state index < -0.39 is 52.3 Å². The highest BCUT2D eigenvalue weighted by Crippen LogP contribution is 2.41. The van der Waals surface area contributed by atoms with E-state index in [4.69, 9.17) is 16.3 Å². The Morgan fingerprint density at radius 2 is 1.90 bits per heavy atom. The number of likely N-dealkylation sites (N-methyl/N-ethyl adjacent to an activating group) is 1. The van der Waals surface area contributed by atoms with Crippen LogP contribution in [0.15, 0.2) is 48.2 Å². The zero-order valence-electron chi connectivity index (χ0n) is 21.4. The summed E-state index contributed by atoms with van der Waals surface area (Å²) in [4.78, 5) is 53.3. The minimum absolute atomic E-state index is 0.0695. The van der Waals surface area contributed by atoms with E-state index in [1.165, 1.54) is 49.9 Å². The molecule has 0 radical (unpaired) electrons. The minimum atomic E-state index is -4.76. The van der Waals surface area contributed by atoms with E-state index in [-0.39, 0.29) is 18.6 Å². The summed E-state index contributed by atoms with van der Waals surface area (Å²) in [6.07, 6.45) is -3.61. The average molecular weight is 568 g/mol. The van der Waals surface area contributed by atoms with Crippen LogP contribution in [0.1, 0.15) is 30.5 Å².